The fourth-order valence-corrected chi connectivity index (χ4v) is 2.56. The van der Waals surface area contributed by atoms with Crippen molar-refractivity contribution in [3.8, 4) is 0 Å². The predicted molar refractivity (Wildman–Crippen MR) is 83.6 cm³/mol. The SMILES string of the molecule is O=[N+]([O-])c1ccc(NC(c2ccc(Cl)cc2)C2CC2)cc1. The molecule has 1 N–H and O–H groups in total. The number of nitro groups is 1. The molecule has 2 aromatic carbocycles. The number of halogens is 1. The van der Waals surface area contributed by atoms with Crippen molar-refractivity contribution in [2.75, 3.05) is 5.32 Å². The third-order valence-electron chi connectivity index (χ3n) is 3.72. The molecule has 4 nitrogen and oxygen atoms in total. The summed E-state index contributed by atoms with van der Waals surface area (Å²) in [4.78, 5) is 10.3. The van der Waals surface area contributed by atoms with Gasteiger partial charge in [0, 0.05) is 22.8 Å². The summed E-state index contributed by atoms with van der Waals surface area (Å²) in [5, 5.41) is 14.9. The minimum absolute atomic E-state index is 0.106. The second-order valence-electron chi connectivity index (χ2n) is 5.31. The Kier molecular flexibility index (Phi) is 3.80. The lowest BCUT2D eigenvalue weighted by molar-refractivity contribution is -0.384. The van der Waals surface area contributed by atoms with Crippen LogP contribution in [0.3, 0.4) is 0 Å². The maximum Gasteiger partial charge on any atom is 0.269 e. The fraction of sp³-hybridized carbons (Fsp3) is 0.250. The molecule has 21 heavy (non-hydrogen) atoms. The number of rotatable bonds is 5. The molecular weight excluding hydrogens is 288 g/mol. The smallest absolute Gasteiger partial charge is 0.269 e. The highest BCUT2D eigenvalue weighted by Gasteiger charge is 2.32. The Labute approximate surface area is 127 Å². The van der Waals surface area contributed by atoms with E-state index >= 15 is 0 Å². The van der Waals surface area contributed by atoms with Gasteiger partial charge in [0.1, 0.15) is 0 Å². The average molecular weight is 303 g/mol. The molecule has 1 aliphatic carbocycles. The number of hydrogen-bond acceptors (Lipinski definition) is 3. The molecule has 0 bridgehead atoms. The molecule has 1 unspecified atom stereocenters. The second-order valence-corrected chi connectivity index (χ2v) is 5.75. The highest BCUT2D eigenvalue weighted by Crippen LogP contribution is 2.43. The van der Waals surface area contributed by atoms with Crippen LogP contribution in [0.5, 0.6) is 0 Å². The summed E-state index contributed by atoms with van der Waals surface area (Å²) < 4.78 is 0. The summed E-state index contributed by atoms with van der Waals surface area (Å²) in [7, 11) is 0. The van der Waals surface area contributed by atoms with Gasteiger partial charge in [0.05, 0.1) is 11.0 Å². The van der Waals surface area contributed by atoms with Gasteiger partial charge in [-0.3, -0.25) is 10.1 Å². The molecule has 3 rings (SSSR count). The average Bonchev–Trinajstić information content (AvgIpc) is 3.31. The van der Waals surface area contributed by atoms with Gasteiger partial charge < -0.3 is 5.32 Å². The van der Waals surface area contributed by atoms with E-state index in [0.29, 0.717) is 5.92 Å². The lowest BCUT2D eigenvalue weighted by Crippen LogP contribution is -2.12. The zero-order valence-corrected chi connectivity index (χ0v) is 12.1. The van der Waals surface area contributed by atoms with Crippen LogP contribution < -0.4 is 5.32 Å². The molecule has 0 spiro atoms. The van der Waals surface area contributed by atoms with Crippen molar-refractivity contribution in [1.29, 1.82) is 0 Å². The summed E-state index contributed by atoms with van der Waals surface area (Å²) in [6.07, 6.45) is 2.40. The third-order valence-corrected chi connectivity index (χ3v) is 3.97. The van der Waals surface area contributed by atoms with Crippen LogP contribution in [0.1, 0.15) is 24.4 Å². The van der Waals surface area contributed by atoms with Gasteiger partial charge in [-0.25, -0.2) is 0 Å². The Hall–Kier alpha value is -2.07. The molecule has 2 aromatic rings. The Morgan fingerprint density at radius 3 is 2.24 bits per heavy atom. The summed E-state index contributed by atoms with van der Waals surface area (Å²) in [6, 6.07) is 14.6. The van der Waals surface area contributed by atoms with E-state index in [1.54, 1.807) is 12.1 Å². The van der Waals surface area contributed by atoms with Crippen LogP contribution in [0.25, 0.3) is 0 Å². The van der Waals surface area contributed by atoms with Crippen molar-refractivity contribution in [3.63, 3.8) is 0 Å². The van der Waals surface area contributed by atoms with Crippen molar-refractivity contribution in [2.24, 2.45) is 5.92 Å². The molecule has 0 aliphatic heterocycles. The quantitative estimate of drug-likeness (QED) is 0.637. The summed E-state index contributed by atoms with van der Waals surface area (Å²) in [5.41, 5.74) is 2.20. The van der Waals surface area contributed by atoms with Crippen LogP contribution in [0.2, 0.25) is 5.02 Å². The molecule has 1 aliphatic rings. The van der Waals surface area contributed by atoms with E-state index in [-0.39, 0.29) is 16.7 Å². The number of nitro benzene ring substituents is 1. The molecule has 5 heteroatoms. The van der Waals surface area contributed by atoms with E-state index in [4.69, 9.17) is 11.6 Å². The van der Waals surface area contributed by atoms with Crippen LogP contribution >= 0.6 is 11.6 Å². The van der Waals surface area contributed by atoms with E-state index in [1.165, 1.54) is 30.5 Å². The normalized spacial score (nSPS) is 15.5. The third kappa shape index (κ3) is 3.34. The first-order chi connectivity index (χ1) is 10.1. The monoisotopic (exact) mass is 302 g/mol. The van der Waals surface area contributed by atoms with E-state index in [2.05, 4.69) is 5.32 Å². The highest BCUT2D eigenvalue weighted by molar-refractivity contribution is 6.30. The van der Waals surface area contributed by atoms with Gasteiger partial charge in [-0.2, -0.15) is 0 Å². The first-order valence-electron chi connectivity index (χ1n) is 6.90. The minimum atomic E-state index is -0.388. The Morgan fingerprint density at radius 1 is 1.10 bits per heavy atom. The lowest BCUT2D eigenvalue weighted by atomic mass is 10.0. The van der Waals surface area contributed by atoms with Gasteiger partial charge >= 0.3 is 0 Å². The number of nitrogens with zero attached hydrogens (tertiary/aromatic N) is 1. The molecule has 1 atom stereocenters. The van der Waals surface area contributed by atoms with Crippen molar-refractivity contribution < 1.29 is 4.92 Å². The number of benzene rings is 2. The van der Waals surface area contributed by atoms with E-state index in [9.17, 15) is 10.1 Å². The molecule has 108 valence electrons. The Morgan fingerprint density at radius 2 is 1.71 bits per heavy atom. The molecule has 0 saturated heterocycles. The van der Waals surface area contributed by atoms with Crippen LogP contribution in [-0.4, -0.2) is 4.92 Å². The summed E-state index contributed by atoms with van der Waals surface area (Å²) in [6.45, 7) is 0. The Bertz CT molecular complexity index is 636. The minimum Gasteiger partial charge on any atom is -0.378 e. The van der Waals surface area contributed by atoms with E-state index < -0.39 is 0 Å². The molecular formula is C16H15ClN2O2. The maximum absolute atomic E-state index is 10.7. The first kappa shape index (κ1) is 13.9. The van der Waals surface area contributed by atoms with Crippen LogP contribution in [-0.2, 0) is 0 Å². The number of hydrogen-bond donors (Lipinski definition) is 1. The van der Waals surface area contributed by atoms with Crippen molar-refractivity contribution in [1.82, 2.24) is 0 Å². The second kappa shape index (κ2) is 5.74. The van der Waals surface area contributed by atoms with Gasteiger partial charge in [0.25, 0.3) is 5.69 Å². The van der Waals surface area contributed by atoms with Gasteiger partial charge in [-0.05, 0) is 48.6 Å². The van der Waals surface area contributed by atoms with E-state index in [0.717, 1.165) is 10.7 Å². The first-order valence-corrected chi connectivity index (χ1v) is 7.28. The molecule has 0 aromatic heterocycles. The van der Waals surface area contributed by atoms with Gasteiger partial charge in [0.2, 0.25) is 0 Å². The van der Waals surface area contributed by atoms with Crippen LogP contribution in [0.4, 0.5) is 11.4 Å². The van der Waals surface area contributed by atoms with E-state index in [1.807, 2.05) is 24.3 Å². The summed E-state index contributed by atoms with van der Waals surface area (Å²) in [5.74, 6) is 0.612. The zero-order valence-electron chi connectivity index (χ0n) is 11.3. The predicted octanol–water partition coefficient (Wildman–Crippen LogP) is 4.81. The van der Waals surface area contributed by atoms with Crippen molar-refractivity contribution in [2.45, 2.75) is 18.9 Å². The number of non-ortho nitro benzene ring substituents is 1. The fourth-order valence-electron chi connectivity index (χ4n) is 2.43. The molecule has 1 saturated carbocycles. The van der Waals surface area contributed by atoms with Crippen molar-refractivity contribution >= 4 is 23.0 Å². The number of anilines is 1. The topological polar surface area (TPSA) is 55.2 Å². The summed E-state index contributed by atoms with van der Waals surface area (Å²) >= 11 is 5.93. The molecule has 1 fully saturated rings. The van der Waals surface area contributed by atoms with Gasteiger partial charge in [-0.1, -0.05) is 23.7 Å². The lowest BCUT2D eigenvalue weighted by Gasteiger charge is -2.20. The largest absolute Gasteiger partial charge is 0.378 e. The van der Waals surface area contributed by atoms with Gasteiger partial charge in [0.15, 0.2) is 0 Å². The van der Waals surface area contributed by atoms with Crippen LogP contribution in [0, 0.1) is 16.0 Å². The molecule has 0 amide bonds. The van der Waals surface area contributed by atoms with Gasteiger partial charge in [-0.15, -0.1) is 0 Å². The highest BCUT2D eigenvalue weighted by atomic mass is 35.5. The molecule has 0 radical (unpaired) electrons. The Balaban J connectivity index is 1.79. The molecule has 0 heterocycles. The van der Waals surface area contributed by atoms with Crippen molar-refractivity contribution in [3.05, 3.63) is 69.2 Å². The van der Waals surface area contributed by atoms with Crippen LogP contribution in [0.15, 0.2) is 48.5 Å². The number of nitrogens with one attached hydrogen (secondary N) is 1. The zero-order chi connectivity index (χ0) is 14.8. The maximum atomic E-state index is 10.7. The standard InChI is InChI=1S/C16H15ClN2O2/c17-13-5-3-12(4-6-13)16(11-1-2-11)18-14-7-9-15(10-8-14)19(20)21/h3-11,16,18H,1-2H2.